The van der Waals surface area contributed by atoms with Crippen LogP contribution >= 0.6 is 15.9 Å². The molecule has 90 valence electrons. The molecule has 2 aromatic heterocycles. The average molecular weight is 303 g/mol. The second-order valence-electron chi connectivity index (χ2n) is 4.17. The van der Waals surface area contributed by atoms with E-state index in [0.29, 0.717) is 0 Å². The third kappa shape index (κ3) is 1.76. The number of aromatic nitrogens is 3. The molecule has 3 aromatic rings. The summed E-state index contributed by atoms with van der Waals surface area (Å²) in [4.78, 5) is 4.41. The van der Waals surface area contributed by atoms with E-state index in [1.165, 1.54) is 0 Å². The Morgan fingerprint density at radius 1 is 1.22 bits per heavy atom. The summed E-state index contributed by atoms with van der Waals surface area (Å²) >= 11 is 3.41. The van der Waals surface area contributed by atoms with Gasteiger partial charge in [-0.2, -0.15) is 5.10 Å². The molecule has 4 nitrogen and oxygen atoms in total. The summed E-state index contributed by atoms with van der Waals surface area (Å²) in [6, 6.07) is 7.76. The molecule has 0 saturated carbocycles. The lowest BCUT2D eigenvalue weighted by atomic mass is 10.2. The molecule has 0 radical (unpaired) electrons. The minimum atomic E-state index is 0.721. The molecule has 3 rings (SSSR count). The minimum absolute atomic E-state index is 0.721. The van der Waals surface area contributed by atoms with Gasteiger partial charge < -0.3 is 5.73 Å². The maximum Gasteiger partial charge on any atom is 0.156 e. The summed E-state index contributed by atoms with van der Waals surface area (Å²) in [6.07, 6.45) is 3.58. The molecule has 1 aromatic carbocycles. The highest BCUT2D eigenvalue weighted by atomic mass is 79.9. The molecule has 0 atom stereocenters. The zero-order valence-corrected chi connectivity index (χ0v) is 11.3. The second-order valence-corrected chi connectivity index (χ2v) is 5.08. The van der Waals surface area contributed by atoms with Gasteiger partial charge in [-0.15, -0.1) is 0 Å². The van der Waals surface area contributed by atoms with Gasteiger partial charge in [0.05, 0.1) is 11.7 Å². The van der Waals surface area contributed by atoms with Crippen LogP contribution in [0.15, 0.2) is 41.1 Å². The highest BCUT2D eigenvalue weighted by molar-refractivity contribution is 9.10. The van der Waals surface area contributed by atoms with Gasteiger partial charge in [0, 0.05) is 21.7 Å². The van der Waals surface area contributed by atoms with Crippen LogP contribution < -0.4 is 5.73 Å². The fourth-order valence-electron chi connectivity index (χ4n) is 1.96. The lowest BCUT2D eigenvalue weighted by Crippen LogP contribution is -2.02. The van der Waals surface area contributed by atoms with Crippen molar-refractivity contribution < 1.29 is 0 Å². The Hall–Kier alpha value is -1.88. The largest absolute Gasteiger partial charge is 0.399 e. The summed E-state index contributed by atoms with van der Waals surface area (Å²) in [5.74, 6) is 0.818. The molecule has 0 fully saturated rings. The van der Waals surface area contributed by atoms with Gasteiger partial charge in [-0.05, 0) is 52.7 Å². The Morgan fingerprint density at radius 2 is 2.06 bits per heavy atom. The minimum Gasteiger partial charge on any atom is -0.399 e. The summed E-state index contributed by atoms with van der Waals surface area (Å²) in [6.45, 7) is 2.01. The SMILES string of the molecule is Cc1cc(Br)cnc1-n1ncc2ccc(N)cc21. The molecule has 2 N–H and O–H groups in total. The zero-order chi connectivity index (χ0) is 12.7. The number of benzene rings is 1. The van der Waals surface area contributed by atoms with Gasteiger partial charge >= 0.3 is 0 Å². The number of nitrogens with two attached hydrogens (primary N) is 1. The van der Waals surface area contributed by atoms with Crippen molar-refractivity contribution in [1.29, 1.82) is 0 Å². The number of aryl methyl sites for hydroxylation is 1. The molecule has 0 aliphatic rings. The molecule has 0 spiro atoms. The number of pyridine rings is 1. The molecule has 2 heterocycles. The number of hydrogen-bond acceptors (Lipinski definition) is 3. The summed E-state index contributed by atoms with van der Waals surface area (Å²) in [7, 11) is 0. The molecule has 18 heavy (non-hydrogen) atoms. The van der Waals surface area contributed by atoms with Gasteiger partial charge in [0.2, 0.25) is 0 Å². The predicted octanol–water partition coefficient (Wildman–Crippen LogP) is 3.07. The molecule has 0 aliphatic carbocycles. The van der Waals surface area contributed by atoms with E-state index in [9.17, 15) is 0 Å². The van der Waals surface area contributed by atoms with Gasteiger partial charge in [-0.25, -0.2) is 9.67 Å². The Morgan fingerprint density at radius 3 is 2.83 bits per heavy atom. The average Bonchev–Trinajstić information content (AvgIpc) is 2.72. The fourth-order valence-corrected chi connectivity index (χ4v) is 2.40. The van der Waals surface area contributed by atoms with Crippen LogP contribution in [0, 0.1) is 6.92 Å². The predicted molar refractivity (Wildman–Crippen MR) is 75.7 cm³/mol. The van der Waals surface area contributed by atoms with Crippen LogP contribution in [0.25, 0.3) is 16.7 Å². The highest BCUT2D eigenvalue weighted by Crippen LogP contribution is 2.22. The van der Waals surface area contributed by atoms with Crippen molar-refractivity contribution in [2.45, 2.75) is 6.92 Å². The standard InChI is InChI=1S/C13H11BrN4/c1-8-4-10(14)7-16-13(8)18-12-5-11(15)3-2-9(12)6-17-18/h2-7H,15H2,1H3. The lowest BCUT2D eigenvalue weighted by Gasteiger charge is -2.06. The van der Waals surface area contributed by atoms with Crippen molar-refractivity contribution in [2.75, 3.05) is 5.73 Å². The van der Waals surface area contributed by atoms with E-state index in [1.807, 2.05) is 42.1 Å². The molecular weight excluding hydrogens is 292 g/mol. The number of rotatable bonds is 1. The van der Waals surface area contributed by atoms with Crippen molar-refractivity contribution in [2.24, 2.45) is 0 Å². The Bertz CT molecular complexity index is 733. The van der Waals surface area contributed by atoms with Crippen LogP contribution in [0.3, 0.4) is 0 Å². The van der Waals surface area contributed by atoms with E-state index in [0.717, 1.165) is 32.4 Å². The van der Waals surface area contributed by atoms with Crippen LogP contribution in [0.4, 0.5) is 5.69 Å². The monoisotopic (exact) mass is 302 g/mol. The maximum atomic E-state index is 5.82. The molecule has 0 saturated heterocycles. The van der Waals surface area contributed by atoms with Gasteiger partial charge in [-0.1, -0.05) is 0 Å². The van der Waals surface area contributed by atoms with Crippen LogP contribution in [-0.2, 0) is 0 Å². The number of anilines is 1. The van der Waals surface area contributed by atoms with Crippen molar-refractivity contribution >= 4 is 32.5 Å². The summed E-state index contributed by atoms with van der Waals surface area (Å²) < 4.78 is 2.77. The first-order valence-corrected chi connectivity index (χ1v) is 6.30. The Kier molecular flexibility index (Phi) is 2.56. The number of hydrogen-bond donors (Lipinski definition) is 1. The van der Waals surface area contributed by atoms with Crippen molar-refractivity contribution in [3.8, 4) is 5.82 Å². The van der Waals surface area contributed by atoms with E-state index in [2.05, 4.69) is 26.0 Å². The smallest absolute Gasteiger partial charge is 0.156 e. The molecule has 0 amide bonds. The first-order valence-electron chi connectivity index (χ1n) is 5.51. The molecule has 5 heteroatoms. The van der Waals surface area contributed by atoms with E-state index in [4.69, 9.17) is 5.73 Å². The van der Waals surface area contributed by atoms with Crippen LogP contribution in [0.2, 0.25) is 0 Å². The van der Waals surface area contributed by atoms with Gasteiger partial charge in [0.1, 0.15) is 0 Å². The summed E-state index contributed by atoms with van der Waals surface area (Å²) in [5.41, 5.74) is 8.56. The van der Waals surface area contributed by atoms with Crippen molar-refractivity contribution in [3.63, 3.8) is 0 Å². The van der Waals surface area contributed by atoms with Crippen molar-refractivity contribution in [3.05, 3.63) is 46.7 Å². The van der Waals surface area contributed by atoms with E-state index in [-0.39, 0.29) is 0 Å². The second kappa shape index (κ2) is 4.10. The zero-order valence-electron chi connectivity index (χ0n) is 9.76. The number of halogens is 1. The Labute approximate surface area is 113 Å². The molecule has 0 bridgehead atoms. The van der Waals surface area contributed by atoms with Crippen LogP contribution in [0.1, 0.15) is 5.56 Å². The highest BCUT2D eigenvalue weighted by Gasteiger charge is 2.09. The molecule has 0 aliphatic heterocycles. The fraction of sp³-hybridized carbons (Fsp3) is 0.0769. The molecular formula is C13H11BrN4. The topological polar surface area (TPSA) is 56.7 Å². The van der Waals surface area contributed by atoms with E-state index >= 15 is 0 Å². The molecule has 0 unspecified atom stereocenters. The number of nitrogens with zero attached hydrogens (tertiary/aromatic N) is 3. The van der Waals surface area contributed by atoms with Crippen LogP contribution in [0.5, 0.6) is 0 Å². The van der Waals surface area contributed by atoms with Gasteiger partial charge in [-0.3, -0.25) is 0 Å². The van der Waals surface area contributed by atoms with Crippen molar-refractivity contribution in [1.82, 2.24) is 14.8 Å². The number of nitrogen functional groups attached to an aromatic ring is 1. The first kappa shape index (κ1) is 11.2. The first-order chi connectivity index (χ1) is 8.65. The van der Waals surface area contributed by atoms with Gasteiger partial charge in [0.15, 0.2) is 5.82 Å². The van der Waals surface area contributed by atoms with E-state index < -0.39 is 0 Å². The van der Waals surface area contributed by atoms with Gasteiger partial charge in [0.25, 0.3) is 0 Å². The van der Waals surface area contributed by atoms with Crippen LogP contribution in [-0.4, -0.2) is 14.8 Å². The third-order valence-electron chi connectivity index (χ3n) is 2.81. The quantitative estimate of drug-likeness (QED) is 0.703. The van der Waals surface area contributed by atoms with E-state index in [1.54, 1.807) is 6.20 Å². The number of fused-ring (bicyclic) bond motifs is 1. The third-order valence-corrected chi connectivity index (χ3v) is 3.25. The summed E-state index contributed by atoms with van der Waals surface area (Å²) in [5, 5.41) is 5.43. The normalized spacial score (nSPS) is 11.0. The Balaban J connectivity index is 2.28. The lowest BCUT2D eigenvalue weighted by molar-refractivity contribution is 0.863. The maximum absolute atomic E-state index is 5.82.